The molecule has 0 spiro atoms. The standard InChI is InChI=1S/C20H32F2O/c1-2-3-4-5-6-7-8-9-10-11-14-19(21)16-17-20(22)15-12-13-18-23/h6-7,14,17-18H,2-5,8-13,15-16H2,1H3/b7-6+,19-14-,20-17-. The Morgan fingerprint density at radius 1 is 0.783 bits per heavy atom. The Morgan fingerprint density at radius 3 is 2.09 bits per heavy atom. The molecule has 0 bridgehead atoms. The van der Waals surface area contributed by atoms with Gasteiger partial charge in [-0.25, -0.2) is 8.78 Å². The van der Waals surface area contributed by atoms with E-state index in [-0.39, 0.29) is 24.5 Å². The normalized spacial score (nSPS) is 13.0. The first-order valence-electron chi connectivity index (χ1n) is 8.98. The van der Waals surface area contributed by atoms with Gasteiger partial charge < -0.3 is 4.79 Å². The third-order valence-corrected chi connectivity index (χ3v) is 3.59. The number of hydrogen-bond acceptors (Lipinski definition) is 1. The van der Waals surface area contributed by atoms with E-state index in [1.165, 1.54) is 25.3 Å². The topological polar surface area (TPSA) is 17.1 Å². The molecule has 0 N–H and O–H groups in total. The van der Waals surface area contributed by atoms with Gasteiger partial charge in [0.15, 0.2) is 0 Å². The maximum atomic E-state index is 13.5. The molecule has 0 aromatic carbocycles. The Kier molecular flexibility index (Phi) is 16.2. The van der Waals surface area contributed by atoms with Crippen molar-refractivity contribution in [1.29, 1.82) is 0 Å². The molecular weight excluding hydrogens is 294 g/mol. The maximum Gasteiger partial charge on any atom is 0.120 e. The molecule has 0 aliphatic rings. The van der Waals surface area contributed by atoms with Crippen molar-refractivity contribution in [2.24, 2.45) is 0 Å². The Labute approximate surface area is 140 Å². The zero-order chi connectivity index (χ0) is 17.2. The molecule has 0 rings (SSSR count). The summed E-state index contributed by atoms with van der Waals surface area (Å²) >= 11 is 0. The van der Waals surface area contributed by atoms with Crippen LogP contribution in [0.3, 0.4) is 0 Å². The summed E-state index contributed by atoms with van der Waals surface area (Å²) in [5.74, 6) is -0.603. The van der Waals surface area contributed by atoms with Crippen molar-refractivity contribution in [1.82, 2.24) is 0 Å². The van der Waals surface area contributed by atoms with Gasteiger partial charge in [0.05, 0.1) is 11.7 Å². The van der Waals surface area contributed by atoms with Crippen LogP contribution in [0.2, 0.25) is 0 Å². The fraction of sp³-hybridized carbons (Fsp3) is 0.650. The predicted octanol–water partition coefficient (Wildman–Crippen LogP) is 7.15. The Morgan fingerprint density at radius 2 is 1.43 bits per heavy atom. The first kappa shape index (κ1) is 21.8. The molecule has 132 valence electrons. The average molecular weight is 326 g/mol. The van der Waals surface area contributed by atoms with Crippen LogP contribution >= 0.6 is 0 Å². The zero-order valence-electron chi connectivity index (χ0n) is 14.5. The largest absolute Gasteiger partial charge is 0.303 e. The quantitative estimate of drug-likeness (QED) is 0.177. The lowest BCUT2D eigenvalue weighted by Gasteiger charge is -1.97. The molecule has 0 aliphatic heterocycles. The molecule has 0 aliphatic carbocycles. The minimum Gasteiger partial charge on any atom is -0.303 e. The van der Waals surface area contributed by atoms with Crippen LogP contribution in [-0.2, 0) is 4.79 Å². The minimum absolute atomic E-state index is 0.0181. The summed E-state index contributed by atoms with van der Waals surface area (Å²) in [6.45, 7) is 2.20. The molecule has 0 aromatic rings. The highest BCUT2D eigenvalue weighted by Crippen LogP contribution is 2.14. The fourth-order valence-corrected chi connectivity index (χ4v) is 2.16. The summed E-state index contributed by atoms with van der Waals surface area (Å²) in [5, 5.41) is 0. The number of hydrogen-bond donors (Lipinski definition) is 0. The summed E-state index contributed by atoms with van der Waals surface area (Å²) in [5.41, 5.74) is 0. The number of rotatable bonds is 15. The van der Waals surface area contributed by atoms with Crippen molar-refractivity contribution in [3.63, 3.8) is 0 Å². The van der Waals surface area contributed by atoms with Gasteiger partial charge in [-0.1, -0.05) is 38.0 Å². The van der Waals surface area contributed by atoms with Gasteiger partial charge in [0.2, 0.25) is 0 Å². The van der Waals surface area contributed by atoms with Gasteiger partial charge in [-0.05, 0) is 57.4 Å². The molecule has 0 heterocycles. The molecule has 0 radical (unpaired) electrons. The molecule has 0 fully saturated rings. The van der Waals surface area contributed by atoms with Crippen LogP contribution in [0, 0.1) is 0 Å². The van der Waals surface area contributed by atoms with Crippen molar-refractivity contribution in [2.75, 3.05) is 0 Å². The highest BCUT2D eigenvalue weighted by Gasteiger charge is 1.97. The van der Waals surface area contributed by atoms with E-state index in [0.717, 1.165) is 32.0 Å². The molecule has 0 atom stereocenters. The van der Waals surface area contributed by atoms with Crippen LogP contribution in [0.5, 0.6) is 0 Å². The molecule has 0 unspecified atom stereocenters. The minimum atomic E-state index is -0.330. The van der Waals surface area contributed by atoms with Gasteiger partial charge in [0.1, 0.15) is 6.29 Å². The van der Waals surface area contributed by atoms with Crippen LogP contribution in [-0.4, -0.2) is 6.29 Å². The predicted molar refractivity (Wildman–Crippen MR) is 94.7 cm³/mol. The second-order valence-corrected chi connectivity index (χ2v) is 5.82. The average Bonchev–Trinajstić information content (AvgIpc) is 2.55. The van der Waals surface area contributed by atoms with E-state index in [1.54, 1.807) is 6.08 Å². The molecule has 0 aromatic heterocycles. The molecule has 23 heavy (non-hydrogen) atoms. The highest BCUT2D eigenvalue weighted by molar-refractivity contribution is 5.49. The number of carbonyl (C=O) groups excluding carboxylic acids is 1. The maximum absolute atomic E-state index is 13.5. The molecule has 0 saturated heterocycles. The van der Waals surface area contributed by atoms with E-state index in [4.69, 9.17) is 0 Å². The van der Waals surface area contributed by atoms with Crippen LogP contribution in [0.4, 0.5) is 8.78 Å². The van der Waals surface area contributed by atoms with Crippen molar-refractivity contribution < 1.29 is 13.6 Å². The van der Waals surface area contributed by atoms with Crippen molar-refractivity contribution in [3.05, 3.63) is 36.0 Å². The van der Waals surface area contributed by atoms with Crippen LogP contribution in [0.15, 0.2) is 36.0 Å². The van der Waals surface area contributed by atoms with E-state index < -0.39 is 0 Å². The van der Waals surface area contributed by atoms with Gasteiger partial charge in [0.25, 0.3) is 0 Å². The van der Waals surface area contributed by atoms with E-state index in [9.17, 15) is 13.6 Å². The Bertz CT molecular complexity index is 370. The summed E-state index contributed by atoms with van der Waals surface area (Å²) in [4.78, 5) is 10.1. The highest BCUT2D eigenvalue weighted by atomic mass is 19.1. The van der Waals surface area contributed by atoms with Gasteiger partial charge in [-0.3, -0.25) is 0 Å². The van der Waals surface area contributed by atoms with Gasteiger partial charge in [0, 0.05) is 12.8 Å². The Hall–Kier alpha value is -1.25. The van der Waals surface area contributed by atoms with Crippen LogP contribution in [0.25, 0.3) is 0 Å². The second kappa shape index (κ2) is 17.1. The molecule has 3 heteroatoms. The van der Waals surface area contributed by atoms with E-state index in [2.05, 4.69) is 19.1 Å². The van der Waals surface area contributed by atoms with E-state index in [1.807, 2.05) is 0 Å². The lowest BCUT2D eigenvalue weighted by Crippen LogP contribution is -1.81. The number of carbonyl (C=O) groups is 1. The number of aldehydes is 1. The van der Waals surface area contributed by atoms with Crippen molar-refractivity contribution >= 4 is 6.29 Å². The first-order valence-corrected chi connectivity index (χ1v) is 8.98. The summed E-state index contributed by atoms with van der Waals surface area (Å²) in [7, 11) is 0. The third kappa shape index (κ3) is 16.9. The van der Waals surface area contributed by atoms with Crippen LogP contribution < -0.4 is 0 Å². The first-order chi connectivity index (χ1) is 11.2. The summed E-state index contributed by atoms with van der Waals surface area (Å²) in [6.07, 6.45) is 17.9. The van der Waals surface area contributed by atoms with Gasteiger partial charge in [-0.15, -0.1) is 0 Å². The molecule has 0 saturated carbocycles. The molecule has 1 nitrogen and oxygen atoms in total. The second-order valence-electron chi connectivity index (χ2n) is 5.82. The fourth-order valence-electron chi connectivity index (χ4n) is 2.16. The smallest absolute Gasteiger partial charge is 0.120 e. The molecule has 0 amide bonds. The Balaban J connectivity index is 3.62. The monoisotopic (exact) mass is 326 g/mol. The lowest BCUT2D eigenvalue weighted by atomic mass is 10.1. The van der Waals surface area contributed by atoms with Gasteiger partial charge in [-0.2, -0.15) is 0 Å². The number of unbranched alkanes of at least 4 members (excludes halogenated alkanes) is 7. The number of allylic oxidation sites excluding steroid dienone is 6. The van der Waals surface area contributed by atoms with E-state index >= 15 is 0 Å². The number of halogens is 2. The van der Waals surface area contributed by atoms with Gasteiger partial charge >= 0.3 is 0 Å². The van der Waals surface area contributed by atoms with E-state index in [0.29, 0.717) is 19.3 Å². The van der Waals surface area contributed by atoms with Crippen molar-refractivity contribution in [3.8, 4) is 0 Å². The van der Waals surface area contributed by atoms with Crippen molar-refractivity contribution in [2.45, 2.75) is 84.0 Å². The third-order valence-electron chi connectivity index (χ3n) is 3.59. The lowest BCUT2D eigenvalue weighted by molar-refractivity contribution is -0.107. The van der Waals surface area contributed by atoms with Crippen LogP contribution in [0.1, 0.15) is 84.0 Å². The molecular formula is C20H32F2O. The zero-order valence-corrected chi connectivity index (χ0v) is 14.5. The summed E-state index contributed by atoms with van der Waals surface area (Å²) in [6, 6.07) is 0. The SMILES string of the molecule is CCCCC/C=C/CCCC/C=C(\F)C/C=C(\F)CCCC=O. The summed E-state index contributed by atoms with van der Waals surface area (Å²) < 4.78 is 26.7.